The van der Waals surface area contributed by atoms with E-state index in [4.69, 9.17) is 4.74 Å². The van der Waals surface area contributed by atoms with Gasteiger partial charge in [-0.05, 0) is 28.9 Å². The Morgan fingerprint density at radius 1 is 1.19 bits per heavy atom. The largest absolute Gasteiger partial charge is 0.453 e. The van der Waals surface area contributed by atoms with Crippen molar-refractivity contribution < 1.29 is 9.53 Å². The van der Waals surface area contributed by atoms with E-state index < -0.39 is 0 Å². The maximum Gasteiger partial charge on any atom is 0.409 e. The Hall–Kier alpha value is -1.03. The standard InChI is InChI=1S/C17H29NO2S/c1-16(2,3)13-11-12(14(21-13)17(4,5)6)9-10-18(7)15(19)20-8/h11H,9-10H2,1-8H3. The van der Waals surface area contributed by atoms with Crippen LogP contribution in [0.4, 0.5) is 4.79 Å². The first-order chi connectivity index (χ1) is 9.46. The van der Waals surface area contributed by atoms with Crippen molar-refractivity contribution in [3.05, 3.63) is 21.4 Å². The number of carbonyl (C=O) groups excluding carboxylic acids is 1. The summed E-state index contributed by atoms with van der Waals surface area (Å²) < 4.78 is 4.75. The molecule has 120 valence electrons. The molecule has 0 aliphatic carbocycles. The summed E-state index contributed by atoms with van der Waals surface area (Å²) in [6, 6.07) is 2.32. The number of hydrogen-bond donors (Lipinski definition) is 0. The van der Waals surface area contributed by atoms with Gasteiger partial charge in [-0.3, -0.25) is 0 Å². The molecule has 0 radical (unpaired) electrons. The normalized spacial score (nSPS) is 12.4. The van der Waals surface area contributed by atoms with E-state index in [2.05, 4.69) is 47.6 Å². The molecule has 0 aliphatic heterocycles. The second-order valence-corrected chi connectivity index (χ2v) is 8.66. The fraction of sp³-hybridized carbons (Fsp3) is 0.706. The molecule has 0 N–H and O–H groups in total. The topological polar surface area (TPSA) is 29.5 Å². The summed E-state index contributed by atoms with van der Waals surface area (Å²) in [6.45, 7) is 14.2. The molecule has 0 bridgehead atoms. The summed E-state index contributed by atoms with van der Waals surface area (Å²) in [7, 11) is 3.20. The molecule has 0 atom stereocenters. The molecule has 1 aromatic heterocycles. The van der Waals surface area contributed by atoms with Crippen LogP contribution in [0.15, 0.2) is 6.07 Å². The van der Waals surface area contributed by atoms with Gasteiger partial charge in [-0.25, -0.2) is 4.79 Å². The van der Waals surface area contributed by atoms with E-state index in [1.54, 1.807) is 11.9 Å². The van der Waals surface area contributed by atoms with Crippen molar-refractivity contribution in [3.63, 3.8) is 0 Å². The van der Waals surface area contributed by atoms with Gasteiger partial charge < -0.3 is 9.64 Å². The van der Waals surface area contributed by atoms with E-state index in [-0.39, 0.29) is 16.9 Å². The Kier molecular flexibility index (Phi) is 5.48. The van der Waals surface area contributed by atoms with E-state index in [9.17, 15) is 4.79 Å². The Labute approximate surface area is 133 Å². The zero-order valence-electron chi connectivity index (χ0n) is 14.7. The van der Waals surface area contributed by atoms with Crippen LogP contribution in [0.1, 0.15) is 56.9 Å². The highest BCUT2D eigenvalue weighted by molar-refractivity contribution is 7.12. The second kappa shape index (κ2) is 6.39. The van der Waals surface area contributed by atoms with E-state index in [1.165, 1.54) is 22.4 Å². The van der Waals surface area contributed by atoms with E-state index in [1.807, 2.05) is 11.3 Å². The highest BCUT2D eigenvalue weighted by Crippen LogP contribution is 2.39. The van der Waals surface area contributed by atoms with Crippen LogP contribution in [0.2, 0.25) is 0 Å². The molecule has 0 unspecified atom stereocenters. The van der Waals surface area contributed by atoms with Crippen molar-refractivity contribution in [2.45, 2.75) is 58.8 Å². The number of thiophene rings is 1. The van der Waals surface area contributed by atoms with Gasteiger partial charge in [0, 0.05) is 23.3 Å². The van der Waals surface area contributed by atoms with Crippen LogP contribution in [0, 0.1) is 0 Å². The van der Waals surface area contributed by atoms with E-state index in [0.717, 1.165) is 6.42 Å². The Balaban J connectivity index is 3.00. The quantitative estimate of drug-likeness (QED) is 0.817. The van der Waals surface area contributed by atoms with Crippen molar-refractivity contribution in [1.29, 1.82) is 0 Å². The molecular formula is C17H29NO2S. The molecule has 1 aromatic rings. The third kappa shape index (κ3) is 4.73. The van der Waals surface area contributed by atoms with Crippen molar-refractivity contribution in [2.75, 3.05) is 20.7 Å². The summed E-state index contributed by atoms with van der Waals surface area (Å²) in [6.07, 6.45) is 0.587. The molecule has 0 spiro atoms. The van der Waals surface area contributed by atoms with Gasteiger partial charge in [0.15, 0.2) is 0 Å². The molecule has 0 aliphatic rings. The van der Waals surface area contributed by atoms with Gasteiger partial charge in [-0.1, -0.05) is 41.5 Å². The van der Waals surface area contributed by atoms with Gasteiger partial charge in [0.1, 0.15) is 0 Å². The van der Waals surface area contributed by atoms with Crippen molar-refractivity contribution in [3.8, 4) is 0 Å². The van der Waals surface area contributed by atoms with Gasteiger partial charge in [0.25, 0.3) is 0 Å². The number of carbonyl (C=O) groups is 1. The molecule has 21 heavy (non-hydrogen) atoms. The number of likely N-dealkylation sites (N-methyl/N-ethyl adjacent to an activating group) is 1. The van der Waals surface area contributed by atoms with Gasteiger partial charge >= 0.3 is 6.09 Å². The van der Waals surface area contributed by atoms with Crippen molar-refractivity contribution in [1.82, 2.24) is 4.90 Å². The smallest absolute Gasteiger partial charge is 0.409 e. The van der Waals surface area contributed by atoms with Crippen LogP contribution in [0.3, 0.4) is 0 Å². The highest BCUT2D eigenvalue weighted by Gasteiger charge is 2.26. The lowest BCUT2D eigenvalue weighted by Crippen LogP contribution is -2.28. The van der Waals surface area contributed by atoms with Crippen LogP contribution in [-0.2, 0) is 22.0 Å². The average Bonchev–Trinajstić information content (AvgIpc) is 2.78. The van der Waals surface area contributed by atoms with Gasteiger partial charge in [-0.2, -0.15) is 0 Å². The molecule has 0 aromatic carbocycles. The lowest BCUT2D eigenvalue weighted by atomic mass is 9.89. The summed E-state index contributed by atoms with van der Waals surface area (Å²) in [5, 5.41) is 0. The molecule has 1 heterocycles. The monoisotopic (exact) mass is 311 g/mol. The van der Waals surface area contributed by atoms with Crippen molar-refractivity contribution >= 4 is 17.4 Å². The van der Waals surface area contributed by atoms with Crippen molar-refractivity contribution in [2.24, 2.45) is 0 Å². The van der Waals surface area contributed by atoms with E-state index >= 15 is 0 Å². The zero-order valence-corrected chi connectivity index (χ0v) is 15.5. The Morgan fingerprint density at radius 2 is 1.76 bits per heavy atom. The maximum atomic E-state index is 11.5. The number of nitrogens with zero attached hydrogens (tertiary/aromatic N) is 1. The summed E-state index contributed by atoms with van der Waals surface area (Å²) in [5.74, 6) is 0. The number of methoxy groups -OCH3 is 1. The predicted octanol–water partition coefficient (Wildman–Crippen LogP) is 4.58. The predicted molar refractivity (Wildman–Crippen MR) is 90.5 cm³/mol. The lowest BCUT2D eigenvalue weighted by Gasteiger charge is -2.21. The van der Waals surface area contributed by atoms with Crippen LogP contribution in [0.25, 0.3) is 0 Å². The Bertz CT molecular complexity index is 492. The molecule has 1 amide bonds. The van der Waals surface area contributed by atoms with Crippen LogP contribution < -0.4 is 0 Å². The van der Waals surface area contributed by atoms with Crippen LogP contribution in [-0.4, -0.2) is 31.7 Å². The number of rotatable bonds is 3. The number of ether oxygens (including phenoxy) is 1. The third-order valence-corrected chi connectivity index (χ3v) is 5.46. The summed E-state index contributed by atoms with van der Waals surface area (Å²) in [4.78, 5) is 15.9. The minimum atomic E-state index is -0.279. The lowest BCUT2D eigenvalue weighted by molar-refractivity contribution is 0.134. The first kappa shape index (κ1) is 18.0. The number of hydrogen-bond acceptors (Lipinski definition) is 3. The molecule has 0 fully saturated rings. The SMILES string of the molecule is COC(=O)N(C)CCc1cc(C(C)(C)C)sc1C(C)(C)C. The van der Waals surface area contributed by atoms with Gasteiger partial charge in [0.2, 0.25) is 0 Å². The third-order valence-electron chi connectivity index (χ3n) is 3.43. The molecule has 1 rings (SSSR count). The second-order valence-electron chi connectivity index (χ2n) is 7.61. The van der Waals surface area contributed by atoms with Gasteiger partial charge in [0.05, 0.1) is 7.11 Å². The molecular weight excluding hydrogens is 282 g/mol. The summed E-state index contributed by atoms with van der Waals surface area (Å²) >= 11 is 1.90. The highest BCUT2D eigenvalue weighted by atomic mass is 32.1. The first-order valence-electron chi connectivity index (χ1n) is 7.39. The number of amides is 1. The minimum Gasteiger partial charge on any atom is -0.453 e. The summed E-state index contributed by atoms with van der Waals surface area (Å²) in [5.41, 5.74) is 1.65. The van der Waals surface area contributed by atoms with Gasteiger partial charge in [-0.15, -0.1) is 11.3 Å². The minimum absolute atomic E-state index is 0.132. The molecule has 4 heteroatoms. The van der Waals surface area contributed by atoms with Crippen LogP contribution >= 0.6 is 11.3 Å². The first-order valence-corrected chi connectivity index (χ1v) is 8.21. The van der Waals surface area contributed by atoms with E-state index in [0.29, 0.717) is 6.54 Å². The zero-order chi connectivity index (χ0) is 16.4. The Morgan fingerprint density at radius 3 is 2.19 bits per heavy atom. The molecule has 0 saturated heterocycles. The average molecular weight is 311 g/mol. The fourth-order valence-corrected chi connectivity index (χ4v) is 3.48. The molecule has 3 nitrogen and oxygen atoms in total. The fourth-order valence-electron chi connectivity index (χ4n) is 2.15. The molecule has 0 saturated carbocycles. The maximum absolute atomic E-state index is 11.5. The van der Waals surface area contributed by atoms with Crippen LogP contribution in [0.5, 0.6) is 0 Å².